The number of methoxy groups -OCH3 is 1. The Morgan fingerprint density at radius 1 is 1.13 bits per heavy atom. The van der Waals surface area contributed by atoms with Crippen LogP contribution in [0.2, 0.25) is 0 Å². The molecule has 2 aliphatic rings. The lowest BCUT2D eigenvalue weighted by Crippen LogP contribution is -2.49. The zero-order valence-corrected chi connectivity index (χ0v) is 18.8. The van der Waals surface area contributed by atoms with Crippen LogP contribution in [0.3, 0.4) is 0 Å². The Morgan fingerprint density at radius 2 is 1.81 bits per heavy atom. The fourth-order valence-corrected chi connectivity index (χ4v) is 4.33. The van der Waals surface area contributed by atoms with E-state index < -0.39 is 5.41 Å². The topological polar surface area (TPSA) is 94.2 Å². The highest BCUT2D eigenvalue weighted by Gasteiger charge is 2.47. The van der Waals surface area contributed by atoms with Gasteiger partial charge in [0.15, 0.2) is 0 Å². The van der Waals surface area contributed by atoms with Crippen molar-refractivity contribution >= 4 is 18.0 Å². The molecule has 0 aliphatic carbocycles. The molecule has 0 bridgehead atoms. The molecule has 3 rings (SSSR count). The first-order valence-electron chi connectivity index (χ1n) is 10.7. The average molecular weight is 432 g/mol. The summed E-state index contributed by atoms with van der Waals surface area (Å²) in [5.74, 6) is 0.780. The highest BCUT2D eigenvalue weighted by molar-refractivity contribution is 5.81. The molecule has 1 spiro atoms. The Labute approximate surface area is 183 Å². The molecule has 1 unspecified atom stereocenters. The molecule has 5 amide bonds. The molecule has 0 radical (unpaired) electrons. The number of rotatable bonds is 4. The largest absolute Gasteiger partial charge is 0.497 e. The Hall–Kier alpha value is -2.97. The summed E-state index contributed by atoms with van der Waals surface area (Å²) in [6.45, 7) is 6.43. The van der Waals surface area contributed by atoms with E-state index in [1.165, 1.54) is 0 Å². The van der Waals surface area contributed by atoms with E-state index in [2.05, 4.69) is 10.6 Å². The van der Waals surface area contributed by atoms with Crippen molar-refractivity contribution in [1.29, 1.82) is 0 Å². The Bertz CT molecular complexity index is 830. The minimum absolute atomic E-state index is 0.0156. The van der Waals surface area contributed by atoms with Gasteiger partial charge in [0.1, 0.15) is 5.75 Å². The first-order valence-corrected chi connectivity index (χ1v) is 10.7. The van der Waals surface area contributed by atoms with E-state index >= 15 is 0 Å². The van der Waals surface area contributed by atoms with Crippen LogP contribution in [0.4, 0.5) is 9.59 Å². The molecule has 31 heavy (non-hydrogen) atoms. The molecule has 2 aliphatic heterocycles. The number of amides is 5. The number of ether oxygens (including phenoxy) is 1. The Morgan fingerprint density at radius 3 is 2.39 bits per heavy atom. The van der Waals surface area contributed by atoms with E-state index in [1.807, 2.05) is 38.1 Å². The zero-order chi connectivity index (χ0) is 22.6. The number of nitrogens with one attached hydrogen (secondary N) is 2. The summed E-state index contributed by atoms with van der Waals surface area (Å²) in [6, 6.07) is 7.20. The molecule has 2 N–H and O–H groups in total. The van der Waals surface area contributed by atoms with Crippen molar-refractivity contribution in [3.63, 3.8) is 0 Å². The zero-order valence-electron chi connectivity index (χ0n) is 18.8. The number of hydrogen-bond donors (Lipinski definition) is 2. The lowest BCUT2D eigenvalue weighted by Gasteiger charge is -2.33. The van der Waals surface area contributed by atoms with Gasteiger partial charge in [0.05, 0.1) is 7.11 Å². The maximum absolute atomic E-state index is 13.0. The summed E-state index contributed by atoms with van der Waals surface area (Å²) in [5.41, 5.74) is 0.468. The van der Waals surface area contributed by atoms with Crippen LogP contribution in [0, 0.1) is 5.41 Å². The maximum Gasteiger partial charge on any atom is 0.317 e. The number of hydrogen-bond acceptors (Lipinski definition) is 4. The molecule has 9 heteroatoms. The molecule has 1 atom stereocenters. The molecule has 2 heterocycles. The average Bonchev–Trinajstić information content (AvgIpc) is 2.88. The lowest BCUT2D eigenvalue weighted by atomic mass is 9.86. The van der Waals surface area contributed by atoms with E-state index in [-0.39, 0.29) is 24.0 Å². The van der Waals surface area contributed by atoms with Crippen molar-refractivity contribution < 1.29 is 19.1 Å². The maximum atomic E-state index is 13.0. The second kappa shape index (κ2) is 9.45. The summed E-state index contributed by atoms with van der Waals surface area (Å²) in [7, 11) is 3.38. The standard InChI is InChI=1S/C22H33N5O4/c1-16(2)24-21(30)27-9-8-26(14-22(15-27)11-19(28)25(3)13-22)20(29)23-12-17-6-5-7-18(10-17)31-4/h5-7,10,16H,8-9,11-15H2,1-4H3,(H,23,29)(H,24,30). The number of likely N-dealkylation sites (tertiary alicyclic amines) is 1. The van der Waals surface area contributed by atoms with Crippen LogP contribution in [0.5, 0.6) is 5.75 Å². The number of nitrogens with zero attached hydrogens (tertiary/aromatic N) is 3. The predicted molar refractivity (Wildman–Crippen MR) is 117 cm³/mol. The SMILES string of the molecule is COc1cccc(CNC(=O)N2CCN(C(=O)NC(C)C)CC3(CC(=O)N(C)C3)C2)c1. The van der Waals surface area contributed by atoms with Crippen LogP contribution in [-0.2, 0) is 11.3 Å². The predicted octanol–water partition coefficient (Wildman–Crippen LogP) is 1.49. The lowest BCUT2D eigenvalue weighted by molar-refractivity contribution is -0.126. The summed E-state index contributed by atoms with van der Waals surface area (Å²) < 4.78 is 5.24. The van der Waals surface area contributed by atoms with Gasteiger partial charge in [-0.15, -0.1) is 0 Å². The fourth-order valence-electron chi connectivity index (χ4n) is 4.33. The van der Waals surface area contributed by atoms with Crippen molar-refractivity contribution in [1.82, 2.24) is 25.3 Å². The number of carbonyl (C=O) groups is 3. The van der Waals surface area contributed by atoms with Crippen LogP contribution >= 0.6 is 0 Å². The summed E-state index contributed by atoms with van der Waals surface area (Å²) in [6.07, 6.45) is 0.328. The van der Waals surface area contributed by atoms with E-state index in [0.717, 1.165) is 11.3 Å². The van der Waals surface area contributed by atoms with Crippen LogP contribution in [0.25, 0.3) is 0 Å². The van der Waals surface area contributed by atoms with Crippen molar-refractivity contribution in [3.05, 3.63) is 29.8 Å². The number of urea groups is 2. The number of benzene rings is 1. The van der Waals surface area contributed by atoms with E-state index in [9.17, 15) is 14.4 Å². The molecule has 1 aromatic rings. The summed E-state index contributed by atoms with van der Waals surface area (Å²) >= 11 is 0. The van der Waals surface area contributed by atoms with Crippen molar-refractivity contribution in [2.45, 2.75) is 32.9 Å². The van der Waals surface area contributed by atoms with Crippen LogP contribution in [-0.4, -0.2) is 85.6 Å². The van der Waals surface area contributed by atoms with Crippen LogP contribution in [0.15, 0.2) is 24.3 Å². The molecular formula is C22H33N5O4. The van der Waals surface area contributed by atoms with Gasteiger partial charge in [-0.2, -0.15) is 0 Å². The molecule has 9 nitrogen and oxygen atoms in total. The van der Waals surface area contributed by atoms with Gasteiger partial charge in [-0.3, -0.25) is 4.79 Å². The molecular weight excluding hydrogens is 398 g/mol. The van der Waals surface area contributed by atoms with Crippen molar-refractivity contribution in [2.24, 2.45) is 5.41 Å². The molecule has 170 valence electrons. The van der Waals surface area contributed by atoms with Crippen molar-refractivity contribution in [2.75, 3.05) is 46.9 Å². The molecule has 2 saturated heterocycles. The Balaban J connectivity index is 1.72. The number of carbonyl (C=O) groups excluding carboxylic acids is 3. The van der Waals surface area contributed by atoms with Gasteiger partial charge in [0.25, 0.3) is 0 Å². The summed E-state index contributed by atoms with van der Waals surface area (Å²) in [4.78, 5) is 43.2. The van der Waals surface area contributed by atoms with Gasteiger partial charge in [-0.25, -0.2) is 9.59 Å². The Kier molecular flexibility index (Phi) is 6.92. The van der Waals surface area contributed by atoms with Gasteiger partial charge in [0, 0.05) is 64.2 Å². The molecule has 0 saturated carbocycles. The second-order valence-corrected chi connectivity index (χ2v) is 8.88. The highest BCUT2D eigenvalue weighted by atomic mass is 16.5. The van der Waals surface area contributed by atoms with Crippen molar-refractivity contribution in [3.8, 4) is 5.75 Å². The monoisotopic (exact) mass is 431 g/mol. The van der Waals surface area contributed by atoms with Gasteiger partial charge >= 0.3 is 12.1 Å². The quantitative estimate of drug-likeness (QED) is 0.755. The first-order chi connectivity index (χ1) is 14.7. The summed E-state index contributed by atoms with van der Waals surface area (Å²) in [5, 5.41) is 5.89. The van der Waals surface area contributed by atoms with Crippen LogP contribution < -0.4 is 15.4 Å². The smallest absolute Gasteiger partial charge is 0.317 e. The van der Waals surface area contributed by atoms with Gasteiger partial charge in [-0.05, 0) is 31.5 Å². The minimum atomic E-state index is -0.468. The fraction of sp³-hybridized carbons (Fsp3) is 0.591. The second-order valence-electron chi connectivity index (χ2n) is 8.88. The van der Waals surface area contributed by atoms with Crippen LogP contribution in [0.1, 0.15) is 25.8 Å². The van der Waals surface area contributed by atoms with Gasteiger partial charge in [-0.1, -0.05) is 12.1 Å². The normalized spacial score (nSPS) is 21.5. The molecule has 2 fully saturated rings. The third-order valence-electron chi connectivity index (χ3n) is 5.78. The highest BCUT2D eigenvalue weighted by Crippen LogP contribution is 2.34. The third-order valence-corrected chi connectivity index (χ3v) is 5.78. The van der Waals surface area contributed by atoms with E-state index in [0.29, 0.717) is 45.7 Å². The van der Waals surface area contributed by atoms with E-state index in [1.54, 1.807) is 28.9 Å². The molecule has 1 aromatic carbocycles. The van der Waals surface area contributed by atoms with Gasteiger partial charge in [0.2, 0.25) is 5.91 Å². The van der Waals surface area contributed by atoms with E-state index in [4.69, 9.17) is 4.74 Å². The third kappa shape index (κ3) is 5.59. The molecule has 0 aromatic heterocycles. The first kappa shape index (κ1) is 22.7. The van der Waals surface area contributed by atoms with Gasteiger partial charge < -0.3 is 30.1 Å². The minimum Gasteiger partial charge on any atom is -0.497 e.